The molecule has 4 heterocycles. The molecule has 1 aliphatic rings. The van der Waals surface area contributed by atoms with Crippen LogP contribution in [0.15, 0.2) is 165 Å². The Hall–Kier alpha value is -6.21. The molecule has 0 fully saturated rings. The Balaban J connectivity index is 1.05. The van der Waals surface area contributed by atoms with E-state index in [-0.39, 0.29) is 12.3 Å². The number of furan rings is 2. The molecule has 10 aromatic rings. The predicted octanol–water partition coefficient (Wildman–Crippen LogP) is 11.9. The van der Waals surface area contributed by atoms with Gasteiger partial charge in [-0.15, -0.1) is 11.3 Å². The molecule has 6 heteroatoms. The van der Waals surface area contributed by atoms with Crippen LogP contribution in [0.5, 0.6) is 0 Å². The van der Waals surface area contributed by atoms with E-state index in [1.807, 2.05) is 41.7 Å². The SMILES string of the molecule is c1ccc(C2=NC(c3cccc4c3sc3ccc(-c5cccc6c5oc5ccccc56)cc34)NC(c3cccc4c3oc3ccccc34)N2)cc1. The second-order valence-corrected chi connectivity index (χ2v) is 14.2. The van der Waals surface area contributed by atoms with Crippen LogP contribution in [0.1, 0.15) is 29.0 Å². The van der Waals surface area contributed by atoms with Crippen molar-refractivity contribution in [1.29, 1.82) is 0 Å². The third-order valence-electron chi connectivity index (χ3n) is 10.2. The van der Waals surface area contributed by atoms with Crippen LogP contribution in [0.4, 0.5) is 0 Å². The number of hydrogen-bond acceptors (Lipinski definition) is 6. The average molecular weight is 676 g/mol. The van der Waals surface area contributed by atoms with E-state index >= 15 is 0 Å². The third kappa shape index (κ3) is 4.47. The molecule has 7 aromatic carbocycles. The zero-order valence-electron chi connectivity index (χ0n) is 27.3. The van der Waals surface area contributed by atoms with Crippen LogP contribution in [0.3, 0.4) is 0 Å². The van der Waals surface area contributed by atoms with Crippen molar-refractivity contribution in [3.63, 3.8) is 0 Å². The van der Waals surface area contributed by atoms with Gasteiger partial charge in [-0.05, 0) is 29.8 Å². The molecule has 1 aliphatic heterocycles. The van der Waals surface area contributed by atoms with Gasteiger partial charge in [0.15, 0.2) is 0 Å². The second kappa shape index (κ2) is 11.2. The minimum absolute atomic E-state index is 0.243. The molecule has 0 saturated carbocycles. The van der Waals surface area contributed by atoms with Crippen molar-refractivity contribution in [1.82, 2.24) is 10.6 Å². The number of rotatable bonds is 4. The Bertz CT molecular complexity index is 3010. The number of fused-ring (bicyclic) bond motifs is 9. The molecule has 0 aliphatic carbocycles. The lowest BCUT2D eigenvalue weighted by atomic mass is 9.99. The molecular formula is C45H29N3O2S. The van der Waals surface area contributed by atoms with Gasteiger partial charge in [-0.1, -0.05) is 127 Å². The molecule has 0 amide bonds. The largest absolute Gasteiger partial charge is 0.456 e. The third-order valence-corrected chi connectivity index (χ3v) is 11.4. The van der Waals surface area contributed by atoms with E-state index in [2.05, 4.69) is 132 Å². The average Bonchev–Trinajstić information content (AvgIpc) is 3.89. The summed E-state index contributed by atoms with van der Waals surface area (Å²) in [4.78, 5) is 5.32. The maximum Gasteiger partial charge on any atom is 0.143 e. The summed E-state index contributed by atoms with van der Waals surface area (Å²) in [5, 5.41) is 14.5. The zero-order valence-corrected chi connectivity index (χ0v) is 28.1. The summed E-state index contributed by atoms with van der Waals surface area (Å²) >= 11 is 1.82. The van der Waals surface area contributed by atoms with Gasteiger partial charge in [0.2, 0.25) is 0 Å². The van der Waals surface area contributed by atoms with Crippen LogP contribution in [0, 0.1) is 0 Å². The van der Waals surface area contributed by atoms with Crippen molar-refractivity contribution in [3.8, 4) is 11.1 Å². The van der Waals surface area contributed by atoms with Gasteiger partial charge in [0.25, 0.3) is 0 Å². The number of thiophene rings is 1. The van der Waals surface area contributed by atoms with Gasteiger partial charge in [-0.2, -0.15) is 0 Å². The molecule has 3 aromatic heterocycles. The molecule has 2 unspecified atom stereocenters. The Morgan fingerprint density at radius 1 is 0.510 bits per heavy atom. The molecule has 11 rings (SSSR count). The number of hydrogen-bond donors (Lipinski definition) is 2. The van der Waals surface area contributed by atoms with Gasteiger partial charge in [0.1, 0.15) is 40.5 Å². The highest BCUT2D eigenvalue weighted by molar-refractivity contribution is 7.26. The molecule has 242 valence electrons. The first-order valence-corrected chi connectivity index (χ1v) is 18.0. The van der Waals surface area contributed by atoms with Crippen LogP contribution >= 0.6 is 11.3 Å². The molecule has 0 radical (unpaired) electrons. The number of nitrogens with one attached hydrogen (secondary N) is 2. The van der Waals surface area contributed by atoms with E-state index in [1.54, 1.807) is 0 Å². The van der Waals surface area contributed by atoms with Gasteiger partial charge >= 0.3 is 0 Å². The van der Waals surface area contributed by atoms with Crippen molar-refractivity contribution < 1.29 is 8.83 Å². The molecule has 2 N–H and O–H groups in total. The van der Waals surface area contributed by atoms with E-state index in [0.717, 1.165) is 77.5 Å². The number of nitrogens with zero attached hydrogens (tertiary/aromatic N) is 1. The van der Waals surface area contributed by atoms with Gasteiger partial charge in [-0.3, -0.25) is 5.32 Å². The minimum atomic E-state index is -0.299. The topological polar surface area (TPSA) is 62.7 Å². The lowest BCUT2D eigenvalue weighted by Gasteiger charge is -2.32. The maximum absolute atomic E-state index is 6.50. The van der Waals surface area contributed by atoms with E-state index in [1.165, 1.54) is 20.2 Å². The minimum Gasteiger partial charge on any atom is -0.456 e. The summed E-state index contributed by atoms with van der Waals surface area (Å²) in [7, 11) is 0. The summed E-state index contributed by atoms with van der Waals surface area (Å²) in [6, 6.07) is 53.1. The summed E-state index contributed by atoms with van der Waals surface area (Å²) in [5.41, 5.74) is 9.06. The Kier molecular flexibility index (Phi) is 6.26. The number of para-hydroxylation sites is 4. The summed E-state index contributed by atoms with van der Waals surface area (Å²) in [6.07, 6.45) is -0.542. The standard InChI is InChI=1S/C45H29N3O2S/c1-2-11-26(12-3-1)43-46-44(34-19-9-17-32-30-14-5-7-22-38(30)50-41(32)34)48-45(47-43)35-20-10-18-33-36-25-27(23-24-39(36)51-42(33)35)28-15-8-16-31-29-13-4-6-21-37(29)49-40(28)31/h1-25,44-45,48H,(H,46,47). The molecule has 2 atom stereocenters. The van der Waals surface area contributed by atoms with Crippen LogP contribution in [-0.2, 0) is 0 Å². The molecule has 51 heavy (non-hydrogen) atoms. The lowest BCUT2D eigenvalue weighted by Crippen LogP contribution is -2.45. The van der Waals surface area contributed by atoms with Gasteiger partial charge in [0, 0.05) is 64.0 Å². The maximum atomic E-state index is 6.50. The van der Waals surface area contributed by atoms with Crippen LogP contribution in [0.25, 0.3) is 75.2 Å². The van der Waals surface area contributed by atoms with Crippen molar-refractivity contribution in [2.24, 2.45) is 4.99 Å². The highest BCUT2D eigenvalue weighted by Gasteiger charge is 2.29. The van der Waals surface area contributed by atoms with Crippen LogP contribution < -0.4 is 10.6 Å². The molecule has 0 spiro atoms. The lowest BCUT2D eigenvalue weighted by molar-refractivity contribution is 0.410. The number of benzene rings is 7. The Morgan fingerprint density at radius 3 is 1.96 bits per heavy atom. The fraction of sp³-hybridized carbons (Fsp3) is 0.0444. The highest BCUT2D eigenvalue weighted by Crippen LogP contribution is 2.43. The summed E-state index contributed by atoms with van der Waals surface area (Å²) in [5.74, 6) is 0.844. The molecular weight excluding hydrogens is 647 g/mol. The quantitative estimate of drug-likeness (QED) is 0.195. The summed E-state index contributed by atoms with van der Waals surface area (Å²) < 4.78 is 15.4. The Morgan fingerprint density at radius 2 is 1.16 bits per heavy atom. The van der Waals surface area contributed by atoms with Gasteiger partial charge in [-0.25, -0.2) is 4.99 Å². The fourth-order valence-corrected chi connectivity index (χ4v) is 9.01. The number of amidine groups is 1. The van der Waals surface area contributed by atoms with Gasteiger partial charge < -0.3 is 14.2 Å². The molecule has 0 saturated heterocycles. The van der Waals surface area contributed by atoms with E-state index in [9.17, 15) is 0 Å². The second-order valence-electron chi connectivity index (χ2n) is 13.1. The highest BCUT2D eigenvalue weighted by atomic mass is 32.1. The van der Waals surface area contributed by atoms with E-state index < -0.39 is 0 Å². The van der Waals surface area contributed by atoms with Crippen LogP contribution in [0.2, 0.25) is 0 Å². The monoisotopic (exact) mass is 675 g/mol. The molecule has 0 bridgehead atoms. The van der Waals surface area contributed by atoms with Crippen molar-refractivity contribution in [2.75, 3.05) is 0 Å². The Labute approximate surface area is 296 Å². The smallest absolute Gasteiger partial charge is 0.143 e. The first-order valence-electron chi connectivity index (χ1n) is 17.2. The predicted molar refractivity (Wildman–Crippen MR) is 210 cm³/mol. The van der Waals surface area contributed by atoms with Crippen LogP contribution in [-0.4, -0.2) is 5.84 Å². The zero-order chi connectivity index (χ0) is 33.5. The van der Waals surface area contributed by atoms with Crippen molar-refractivity contribution in [3.05, 3.63) is 168 Å². The summed E-state index contributed by atoms with van der Waals surface area (Å²) in [6.45, 7) is 0. The van der Waals surface area contributed by atoms with E-state index in [4.69, 9.17) is 13.8 Å². The van der Waals surface area contributed by atoms with Crippen molar-refractivity contribution >= 4 is 81.2 Å². The molecule has 5 nitrogen and oxygen atoms in total. The van der Waals surface area contributed by atoms with E-state index in [0.29, 0.717) is 0 Å². The first-order chi connectivity index (χ1) is 25.3. The number of aliphatic imine (C=N–C) groups is 1. The fourth-order valence-electron chi connectivity index (χ4n) is 7.79. The van der Waals surface area contributed by atoms with Gasteiger partial charge in [0.05, 0.1) is 0 Å². The first kappa shape index (κ1) is 28.6. The van der Waals surface area contributed by atoms with Crippen molar-refractivity contribution in [2.45, 2.75) is 12.3 Å². The normalized spacial score (nSPS) is 16.4.